The summed E-state index contributed by atoms with van der Waals surface area (Å²) in [6.45, 7) is 5.29. The number of amides is 1. The van der Waals surface area contributed by atoms with Crippen molar-refractivity contribution in [2.45, 2.75) is 45.6 Å². The smallest absolute Gasteiger partial charge is 0.224 e. The molecule has 2 rings (SSSR count). The third-order valence-corrected chi connectivity index (χ3v) is 3.71. The largest absolute Gasteiger partial charge is 0.326 e. The van der Waals surface area contributed by atoms with Crippen molar-refractivity contribution in [3.63, 3.8) is 0 Å². The first-order valence-corrected chi connectivity index (χ1v) is 7.99. The van der Waals surface area contributed by atoms with Crippen LogP contribution in [0, 0.1) is 0 Å². The molecule has 2 aromatic rings. The van der Waals surface area contributed by atoms with Gasteiger partial charge in [-0.25, -0.2) is 4.57 Å². The van der Waals surface area contributed by atoms with E-state index in [1.807, 2.05) is 30.3 Å². The number of anilines is 1. The summed E-state index contributed by atoms with van der Waals surface area (Å²) in [5.74, 6) is 0.607. The van der Waals surface area contributed by atoms with Gasteiger partial charge in [-0.15, -0.1) is 0 Å². The summed E-state index contributed by atoms with van der Waals surface area (Å²) < 4.78 is 2.14. The fraction of sp³-hybridized carbons (Fsp3) is 0.368. The number of aryl methyl sites for hydroxylation is 1. The van der Waals surface area contributed by atoms with Gasteiger partial charge in [-0.3, -0.25) is 4.79 Å². The summed E-state index contributed by atoms with van der Waals surface area (Å²) >= 11 is 0. The van der Waals surface area contributed by atoms with E-state index in [1.54, 1.807) is 0 Å². The van der Waals surface area contributed by atoms with Crippen LogP contribution >= 0.6 is 0 Å². The lowest BCUT2D eigenvalue weighted by Crippen LogP contribution is -2.32. The van der Waals surface area contributed by atoms with Gasteiger partial charge in [0.05, 0.1) is 0 Å². The number of pyridine rings is 1. The average Bonchev–Trinajstić information content (AvgIpc) is 2.53. The van der Waals surface area contributed by atoms with Crippen LogP contribution in [0.3, 0.4) is 0 Å². The molecule has 0 radical (unpaired) electrons. The second-order valence-electron chi connectivity index (χ2n) is 5.90. The maximum Gasteiger partial charge on any atom is 0.224 e. The maximum atomic E-state index is 11.9. The monoisotopic (exact) mass is 297 g/mol. The van der Waals surface area contributed by atoms with E-state index >= 15 is 0 Å². The Balaban J connectivity index is 1.69. The van der Waals surface area contributed by atoms with Crippen molar-refractivity contribution in [2.24, 2.45) is 0 Å². The van der Waals surface area contributed by atoms with Gasteiger partial charge in [-0.1, -0.05) is 32.0 Å². The third-order valence-electron chi connectivity index (χ3n) is 3.71. The Morgan fingerprint density at radius 2 is 1.73 bits per heavy atom. The molecule has 3 nitrogen and oxygen atoms in total. The topological polar surface area (TPSA) is 33.0 Å². The zero-order chi connectivity index (χ0) is 15.8. The van der Waals surface area contributed by atoms with E-state index in [0.717, 1.165) is 25.1 Å². The summed E-state index contributed by atoms with van der Waals surface area (Å²) in [4.78, 5) is 11.9. The Morgan fingerprint density at radius 3 is 2.36 bits per heavy atom. The highest BCUT2D eigenvalue weighted by atomic mass is 16.1. The molecule has 0 spiro atoms. The molecule has 22 heavy (non-hydrogen) atoms. The molecular formula is C19H25N2O+. The lowest BCUT2D eigenvalue weighted by Gasteiger charge is -2.08. The first-order chi connectivity index (χ1) is 10.6. The van der Waals surface area contributed by atoms with Crippen molar-refractivity contribution in [1.82, 2.24) is 0 Å². The minimum absolute atomic E-state index is 0.0929. The van der Waals surface area contributed by atoms with Crippen LogP contribution in [0.5, 0.6) is 0 Å². The molecule has 1 heterocycles. The molecule has 3 heteroatoms. The first-order valence-electron chi connectivity index (χ1n) is 7.99. The zero-order valence-corrected chi connectivity index (χ0v) is 13.5. The Kier molecular flexibility index (Phi) is 6.13. The van der Waals surface area contributed by atoms with Gasteiger partial charge in [-0.2, -0.15) is 0 Å². The molecule has 0 aliphatic rings. The molecule has 1 N–H and O–H groups in total. The first kappa shape index (κ1) is 16.2. The van der Waals surface area contributed by atoms with Gasteiger partial charge in [0, 0.05) is 30.7 Å². The molecule has 0 saturated heterocycles. The average molecular weight is 297 g/mol. The van der Waals surface area contributed by atoms with Crippen LogP contribution in [0.25, 0.3) is 0 Å². The minimum atomic E-state index is 0.0929. The molecule has 116 valence electrons. The van der Waals surface area contributed by atoms with E-state index in [0.29, 0.717) is 12.3 Å². The molecule has 0 atom stereocenters. The highest BCUT2D eigenvalue weighted by molar-refractivity contribution is 5.90. The fourth-order valence-electron chi connectivity index (χ4n) is 2.34. The van der Waals surface area contributed by atoms with E-state index in [1.165, 1.54) is 5.56 Å². The van der Waals surface area contributed by atoms with Gasteiger partial charge in [0.1, 0.15) is 6.54 Å². The van der Waals surface area contributed by atoms with Crippen molar-refractivity contribution in [3.8, 4) is 0 Å². The van der Waals surface area contributed by atoms with Crippen LogP contribution < -0.4 is 9.88 Å². The zero-order valence-electron chi connectivity index (χ0n) is 13.5. The van der Waals surface area contributed by atoms with Crippen molar-refractivity contribution in [1.29, 1.82) is 0 Å². The minimum Gasteiger partial charge on any atom is -0.326 e. The Bertz CT molecular complexity index is 576. The number of unbranched alkanes of at least 4 members (excludes halogenated alkanes) is 1. The number of carbonyl (C=O) groups is 1. The second kappa shape index (κ2) is 8.32. The molecule has 0 aliphatic carbocycles. The summed E-state index contributed by atoms with van der Waals surface area (Å²) in [6.07, 6.45) is 6.58. The SMILES string of the molecule is CC(C)c1ccc(NC(=O)CCCC[n+]2ccccc2)cc1. The molecule has 1 amide bonds. The molecule has 0 aliphatic heterocycles. The number of hydrogen-bond donors (Lipinski definition) is 1. The quantitative estimate of drug-likeness (QED) is 0.610. The lowest BCUT2D eigenvalue weighted by atomic mass is 10.0. The van der Waals surface area contributed by atoms with Gasteiger partial charge in [0.25, 0.3) is 0 Å². The van der Waals surface area contributed by atoms with Gasteiger partial charge in [0.2, 0.25) is 5.91 Å². The highest BCUT2D eigenvalue weighted by Crippen LogP contribution is 2.17. The van der Waals surface area contributed by atoms with Crippen LogP contribution in [0.15, 0.2) is 54.9 Å². The number of benzene rings is 1. The van der Waals surface area contributed by atoms with Crippen molar-refractivity contribution >= 4 is 11.6 Å². The lowest BCUT2D eigenvalue weighted by molar-refractivity contribution is -0.697. The summed E-state index contributed by atoms with van der Waals surface area (Å²) in [6, 6.07) is 14.2. The van der Waals surface area contributed by atoms with Crippen molar-refractivity contribution in [3.05, 3.63) is 60.4 Å². The predicted octanol–water partition coefficient (Wildman–Crippen LogP) is 3.91. The van der Waals surface area contributed by atoms with Crippen LogP contribution in [-0.2, 0) is 11.3 Å². The molecule has 0 unspecified atom stereocenters. The van der Waals surface area contributed by atoms with E-state index < -0.39 is 0 Å². The van der Waals surface area contributed by atoms with Gasteiger partial charge >= 0.3 is 0 Å². The number of hydrogen-bond acceptors (Lipinski definition) is 1. The Morgan fingerprint density at radius 1 is 1.05 bits per heavy atom. The van der Waals surface area contributed by atoms with Gasteiger partial charge in [-0.05, 0) is 30.0 Å². The molecule has 1 aromatic carbocycles. The van der Waals surface area contributed by atoms with Crippen LogP contribution in [0.2, 0.25) is 0 Å². The second-order valence-corrected chi connectivity index (χ2v) is 5.90. The van der Waals surface area contributed by atoms with E-state index in [-0.39, 0.29) is 5.91 Å². The summed E-state index contributed by atoms with van der Waals surface area (Å²) in [5.41, 5.74) is 2.17. The fourth-order valence-corrected chi connectivity index (χ4v) is 2.34. The number of nitrogens with one attached hydrogen (secondary N) is 1. The number of aromatic nitrogens is 1. The molecule has 1 aromatic heterocycles. The number of carbonyl (C=O) groups excluding carboxylic acids is 1. The number of nitrogens with zero attached hydrogens (tertiary/aromatic N) is 1. The highest BCUT2D eigenvalue weighted by Gasteiger charge is 2.05. The summed E-state index contributed by atoms with van der Waals surface area (Å²) in [7, 11) is 0. The standard InChI is InChI=1S/C19H24N2O/c1-16(2)17-9-11-18(12-10-17)20-19(22)8-4-7-15-21-13-5-3-6-14-21/h3,5-6,9-14,16H,4,7-8,15H2,1-2H3/p+1. The Labute approximate surface area is 133 Å². The Hall–Kier alpha value is -2.16. The number of rotatable bonds is 7. The molecule has 0 bridgehead atoms. The summed E-state index contributed by atoms with van der Waals surface area (Å²) in [5, 5.41) is 2.96. The third kappa shape index (κ3) is 5.32. The van der Waals surface area contributed by atoms with Crippen molar-refractivity contribution < 1.29 is 9.36 Å². The molecular weight excluding hydrogens is 272 g/mol. The van der Waals surface area contributed by atoms with Crippen molar-refractivity contribution in [2.75, 3.05) is 5.32 Å². The van der Waals surface area contributed by atoms with E-state index in [2.05, 4.69) is 48.3 Å². The van der Waals surface area contributed by atoms with Crippen LogP contribution in [-0.4, -0.2) is 5.91 Å². The maximum absolute atomic E-state index is 11.9. The van der Waals surface area contributed by atoms with Crippen LogP contribution in [0.4, 0.5) is 5.69 Å². The molecule has 0 saturated carbocycles. The normalized spacial score (nSPS) is 10.7. The predicted molar refractivity (Wildman–Crippen MR) is 89.6 cm³/mol. The van der Waals surface area contributed by atoms with E-state index in [4.69, 9.17) is 0 Å². The van der Waals surface area contributed by atoms with Gasteiger partial charge in [0.15, 0.2) is 12.4 Å². The van der Waals surface area contributed by atoms with Gasteiger partial charge < -0.3 is 5.32 Å². The molecule has 0 fully saturated rings. The van der Waals surface area contributed by atoms with E-state index in [9.17, 15) is 4.79 Å². The van der Waals surface area contributed by atoms with Crippen LogP contribution in [0.1, 0.15) is 44.6 Å².